The van der Waals surface area contributed by atoms with E-state index in [1.54, 1.807) is 24.3 Å². The van der Waals surface area contributed by atoms with Crippen LogP contribution in [0.3, 0.4) is 0 Å². The summed E-state index contributed by atoms with van der Waals surface area (Å²) in [6.07, 6.45) is 1.24. The second-order valence-corrected chi connectivity index (χ2v) is 4.94. The first-order valence-electron chi connectivity index (χ1n) is 6.87. The Labute approximate surface area is 143 Å². The summed E-state index contributed by atoms with van der Waals surface area (Å²) in [6, 6.07) is 8.41. The van der Waals surface area contributed by atoms with Crippen molar-refractivity contribution in [1.82, 2.24) is 10.3 Å². The summed E-state index contributed by atoms with van der Waals surface area (Å²) in [6.45, 7) is -0.0364. The van der Waals surface area contributed by atoms with Crippen LogP contribution >= 0.6 is 11.6 Å². The Bertz CT molecular complexity index is 721. The highest BCUT2D eigenvalue weighted by Crippen LogP contribution is 2.26. The number of pyridine rings is 1. The number of carbonyl (C=O) groups is 2. The molecule has 8 heteroatoms. The molecule has 0 saturated carbocycles. The first-order valence-corrected chi connectivity index (χ1v) is 7.25. The molecule has 0 spiro atoms. The molecule has 0 atom stereocenters. The van der Waals surface area contributed by atoms with E-state index < -0.39 is 11.9 Å². The number of carbonyl (C=O) groups excluding carboxylic acids is 1. The molecule has 0 saturated heterocycles. The van der Waals surface area contributed by atoms with Crippen LogP contribution in [-0.2, 0) is 4.79 Å². The van der Waals surface area contributed by atoms with E-state index in [-0.39, 0.29) is 24.4 Å². The predicted molar refractivity (Wildman–Crippen MR) is 89.1 cm³/mol. The van der Waals surface area contributed by atoms with Gasteiger partial charge < -0.3 is 20.6 Å². The molecule has 7 nitrogen and oxygen atoms in total. The van der Waals surface area contributed by atoms with Crippen molar-refractivity contribution in [2.24, 2.45) is 0 Å². The zero-order valence-electron chi connectivity index (χ0n) is 12.9. The third-order valence-electron chi connectivity index (χ3n) is 2.87. The number of halogens is 1. The summed E-state index contributed by atoms with van der Waals surface area (Å²) in [5.74, 6) is -1.93. The van der Waals surface area contributed by atoms with E-state index in [1.807, 2.05) is 0 Å². The number of hydrogen-bond donors (Lipinski definition) is 4. The highest BCUT2D eigenvalue weighted by Gasteiger charge is 2.14. The maximum atomic E-state index is 11.8. The number of aliphatic hydroxyl groups excluding tert-OH is 1. The van der Waals surface area contributed by atoms with Crippen LogP contribution in [-0.4, -0.2) is 45.8 Å². The van der Waals surface area contributed by atoms with E-state index in [0.717, 1.165) is 12.7 Å². The highest BCUT2D eigenvalue weighted by molar-refractivity contribution is 6.30. The van der Waals surface area contributed by atoms with Gasteiger partial charge in [0, 0.05) is 30.4 Å². The van der Waals surface area contributed by atoms with Crippen molar-refractivity contribution < 1.29 is 24.9 Å². The lowest BCUT2D eigenvalue weighted by Crippen LogP contribution is -2.26. The van der Waals surface area contributed by atoms with Gasteiger partial charge in [-0.15, -0.1) is 0 Å². The summed E-state index contributed by atoms with van der Waals surface area (Å²) in [4.78, 5) is 26.1. The smallest absolute Gasteiger partial charge is 0.305 e. The zero-order valence-corrected chi connectivity index (χ0v) is 13.6. The van der Waals surface area contributed by atoms with E-state index in [2.05, 4.69) is 10.3 Å². The molecule has 1 aromatic heterocycles. The lowest BCUT2D eigenvalue weighted by Gasteiger charge is -2.07. The van der Waals surface area contributed by atoms with Gasteiger partial charge in [-0.1, -0.05) is 23.7 Å². The SMILES string of the molecule is CO.O=C(O)CCNC(=O)c1ncc(-c2cccc(Cl)c2)cc1O. The largest absolute Gasteiger partial charge is 0.505 e. The lowest BCUT2D eigenvalue weighted by atomic mass is 10.1. The number of nitrogens with zero attached hydrogens (tertiary/aromatic N) is 1. The zero-order chi connectivity index (χ0) is 18.1. The van der Waals surface area contributed by atoms with Crippen molar-refractivity contribution in [3.8, 4) is 16.9 Å². The molecule has 24 heavy (non-hydrogen) atoms. The van der Waals surface area contributed by atoms with Crippen LogP contribution in [0.25, 0.3) is 11.1 Å². The number of carboxylic acids is 1. The third kappa shape index (κ3) is 5.53. The van der Waals surface area contributed by atoms with Crippen LogP contribution < -0.4 is 5.32 Å². The standard InChI is InChI=1S/C15H13ClN2O4.CH4O/c16-11-3-1-2-9(6-11)10-7-12(19)14(18-8-10)15(22)17-5-4-13(20)21;1-2/h1-3,6-8,19H,4-5H2,(H,17,22)(H,20,21);2H,1H3. The molecule has 0 unspecified atom stereocenters. The molecular formula is C16H17ClN2O5. The van der Waals surface area contributed by atoms with Gasteiger partial charge in [-0.05, 0) is 23.8 Å². The number of rotatable bonds is 5. The van der Waals surface area contributed by atoms with Crippen molar-refractivity contribution in [2.45, 2.75) is 6.42 Å². The number of aliphatic hydroxyl groups is 1. The predicted octanol–water partition coefficient (Wildman–Crippen LogP) is 1.92. The summed E-state index contributed by atoms with van der Waals surface area (Å²) in [7, 11) is 1.00. The van der Waals surface area contributed by atoms with Crippen LogP contribution in [0, 0.1) is 0 Å². The Kier molecular flexibility index (Phi) is 7.67. The van der Waals surface area contributed by atoms with Gasteiger partial charge in [0.05, 0.1) is 6.42 Å². The maximum absolute atomic E-state index is 11.8. The molecule has 1 amide bonds. The number of hydrogen-bond acceptors (Lipinski definition) is 5. The molecule has 2 rings (SSSR count). The molecule has 2 aromatic rings. The normalized spacial score (nSPS) is 9.62. The molecule has 0 bridgehead atoms. The second kappa shape index (κ2) is 9.49. The second-order valence-electron chi connectivity index (χ2n) is 4.50. The van der Waals surface area contributed by atoms with Gasteiger partial charge in [0.2, 0.25) is 0 Å². The van der Waals surface area contributed by atoms with Crippen molar-refractivity contribution in [3.05, 3.63) is 47.2 Å². The van der Waals surface area contributed by atoms with E-state index in [1.165, 1.54) is 12.3 Å². The van der Waals surface area contributed by atoms with E-state index in [9.17, 15) is 14.7 Å². The Morgan fingerprint density at radius 2 is 1.92 bits per heavy atom. The minimum absolute atomic E-state index is 0.0364. The molecule has 1 aromatic carbocycles. The highest BCUT2D eigenvalue weighted by atomic mass is 35.5. The number of carboxylic acid groups (broad SMARTS) is 1. The monoisotopic (exact) mass is 352 g/mol. The average molecular weight is 353 g/mol. The number of nitrogens with one attached hydrogen (secondary N) is 1. The van der Waals surface area contributed by atoms with Crippen LogP contribution in [0.15, 0.2) is 36.5 Å². The fraction of sp³-hybridized carbons (Fsp3) is 0.188. The molecule has 0 radical (unpaired) electrons. The molecule has 0 aliphatic carbocycles. The summed E-state index contributed by atoms with van der Waals surface area (Å²) in [5.41, 5.74) is 1.21. The first-order chi connectivity index (χ1) is 11.5. The van der Waals surface area contributed by atoms with Crippen molar-refractivity contribution in [3.63, 3.8) is 0 Å². The summed E-state index contributed by atoms with van der Waals surface area (Å²) < 4.78 is 0. The van der Waals surface area contributed by atoms with Gasteiger partial charge in [0.15, 0.2) is 5.69 Å². The number of amides is 1. The van der Waals surface area contributed by atoms with Crippen LogP contribution in [0.4, 0.5) is 0 Å². The van der Waals surface area contributed by atoms with Gasteiger partial charge in [0.25, 0.3) is 5.91 Å². The number of benzene rings is 1. The minimum Gasteiger partial charge on any atom is -0.505 e. The Morgan fingerprint density at radius 3 is 2.50 bits per heavy atom. The molecular weight excluding hydrogens is 336 g/mol. The molecule has 4 N–H and O–H groups in total. The third-order valence-corrected chi connectivity index (χ3v) is 3.10. The van der Waals surface area contributed by atoms with Gasteiger partial charge in [-0.3, -0.25) is 9.59 Å². The summed E-state index contributed by atoms with van der Waals surface area (Å²) in [5, 5.41) is 28.4. The minimum atomic E-state index is -1.02. The van der Waals surface area contributed by atoms with Gasteiger partial charge >= 0.3 is 5.97 Å². The number of aromatic hydroxyl groups is 1. The van der Waals surface area contributed by atoms with Crippen LogP contribution in [0.5, 0.6) is 5.75 Å². The van der Waals surface area contributed by atoms with Gasteiger partial charge in [-0.25, -0.2) is 4.98 Å². The fourth-order valence-corrected chi connectivity index (χ4v) is 2.01. The molecule has 0 aliphatic rings. The van der Waals surface area contributed by atoms with Crippen LogP contribution in [0.1, 0.15) is 16.9 Å². The topological polar surface area (TPSA) is 120 Å². The molecule has 0 aliphatic heterocycles. The number of aliphatic carboxylic acids is 1. The van der Waals surface area contributed by atoms with Crippen molar-refractivity contribution >= 4 is 23.5 Å². The lowest BCUT2D eigenvalue weighted by molar-refractivity contribution is -0.136. The van der Waals surface area contributed by atoms with Crippen molar-refractivity contribution in [1.29, 1.82) is 0 Å². The number of aromatic nitrogens is 1. The van der Waals surface area contributed by atoms with E-state index in [4.69, 9.17) is 21.8 Å². The Hall–Kier alpha value is -2.64. The van der Waals surface area contributed by atoms with E-state index in [0.29, 0.717) is 10.6 Å². The molecule has 1 heterocycles. The molecule has 128 valence electrons. The first kappa shape index (κ1) is 19.4. The average Bonchev–Trinajstić information content (AvgIpc) is 2.56. The fourth-order valence-electron chi connectivity index (χ4n) is 1.82. The molecule has 0 fully saturated rings. The van der Waals surface area contributed by atoms with Crippen LogP contribution in [0.2, 0.25) is 5.02 Å². The van der Waals surface area contributed by atoms with Gasteiger partial charge in [0.1, 0.15) is 5.75 Å². The van der Waals surface area contributed by atoms with Gasteiger partial charge in [-0.2, -0.15) is 0 Å². The van der Waals surface area contributed by atoms with E-state index >= 15 is 0 Å². The Balaban J connectivity index is 0.00000139. The quantitative estimate of drug-likeness (QED) is 0.652. The maximum Gasteiger partial charge on any atom is 0.305 e. The van der Waals surface area contributed by atoms with Crippen molar-refractivity contribution in [2.75, 3.05) is 13.7 Å². The summed E-state index contributed by atoms with van der Waals surface area (Å²) >= 11 is 5.90. The Morgan fingerprint density at radius 1 is 1.21 bits per heavy atom.